The first-order valence-corrected chi connectivity index (χ1v) is 6.93. The molecule has 2 aliphatic rings. The highest BCUT2D eigenvalue weighted by molar-refractivity contribution is 4.83. The molecule has 0 aromatic carbocycles. The van der Waals surface area contributed by atoms with Crippen molar-refractivity contribution in [3.63, 3.8) is 0 Å². The molecule has 0 bridgehead atoms. The van der Waals surface area contributed by atoms with Crippen LogP contribution < -0.4 is 5.32 Å². The highest BCUT2D eigenvalue weighted by Crippen LogP contribution is 2.18. The van der Waals surface area contributed by atoms with Crippen molar-refractivity contribution < 1.29 is 0 Å². The Bertz CT molecular complexity index is 201. The summed E-state index contributed by atoms with van der Waals surface area (Å²) in [6, 6.07) is 0.817. The number of nitrogens with one attached hydrogen (secondary N) is 1. The van der Waals surface area contributed by atoms with Crippen molar-refractivity contribution in [1.29, 1.82) is 0 Å². The van der Waals surface area contributed by atoms with Gasteiger partial charge in [0.25, 0.3) is 0 Å². The average Bonchev–Trinajstić information content (AvgIpc) is 2.74. The fourth-order valence-corrected chi connectivity index (χ4v) is 3.16. The van der Waals surface area contributed by atoms with Crippen molar-refractivity contribution >= 4 is 0 Å². The topological polar surface area (TPSA) is 18.5 Å². The Balaban J connectivity index is 1.80. The SMILES string of the molecule is CCN(CC1CCCNC1)C1CCN(C)C1. The van der Waals surface area contributed by atoms with Gasteiger partial charge in [-0.25, -0.2) is 0 Å². The van der Waals surface area contributed by atoms with Crippen molar-refractivity contribution in [3.8, 4) is 0 Å². The van der Waals surface area contributed by atoms with Crippen LogP contribution in [0.25, 0.3) is 0 Å². The van der Waals surface area contributed by atoms with E-state index in [0.29, 0.717) is 0 Å². The molecule has 2 fully saturated rings. The highest BCUT2D eigenvalue weighted by Gasteiger charge is 2.26. The van der Waals surface area contributed by atoms with Gasteiger partial charge in [-0.15, -0.1) is 0 Å². The van der Waals surface area contributed by atoms with E-state index in [0.717, 1.165) is 12.0 Å². The maximum Gasteiger partial charge on any atom is 0.0235 e. The second kappa shape index (κ2) is 5.99. The molecule has 2 saturated heterocycles. The molecule has 16 heavy (non-hydrogen) atoms. The quantitative estimate of drug-likeness (QED) is 0.770. The van der Waals surface area contributed by atoms with Crippen LogP contribution in [0.4, 0.5) is 0 Å². The molecule has 3 heteroatoms. The molecule has 2 unspecified atom stereocenters. The van der Waals surface area contributed by atoms with Gasteiger partial charge in [0.1, 0.15) is 0 Å². The van der Waals surface area contributed by atoms with Crippen molar-refractivity contribution in [2.75, 3.05) is 46.3 Å². The molecule has 2 atom stereocenters. The summed E-state index contributed by atoms with van der Waals surface area (Å²) in [7, 11) is 2.25. The molecule has 0 aromatic heterocycles. The predicted molar refractivity (Wildman–Crippen MR) is 68.7 cm³/mol. The second-order valence-corrected chi connectivity index (χ2v) is 5.50. The third kappa shape index (κ3) is 3.19. The van der Waals surface area contributed by atoms with Gasteiger partial charge in [-0.1, -0.05) is 6.92 Å². The molecule has 0 amide bonds. The Morgan fingerprint density at radius 1 is 1.38 bits per heavy atom. The van der Waals surface area contributed by atoms with E-state index in [-0.39, 0.29) is 0 Å². The van der Waals surface area contributed by atoms with Gasteiger partial charge in [-0.05, 0) is 58.4 Å². The van der Waals surface area contributed by atoms with Crippen LogP contribution in [0.5, 0.6) is 0 Å². The number of likely N-dealkylation sites (tertiary alicyclic amines) is 1. The van der Waals surface area contributed by atoms with Crippen LogP contribution in [0.15, 0.2) is 0 Å². The Morgan fingerprint density at radius 2 is 2.25 bits per heavy atom. The minimum absolute atomic E-state index is 0.817. The van der Waals surface area contributed by atoms with Crippen LogP contribution in [-0.4, -0.2) is 62.2 Å². The van der Waals surface area contributed by atoms with Gasteiger partial charge in [0.05, 0.1) is 0 Å². The molecule has 0 aliphatic carbocycles. The van der Waals surface area contributed by atoms with Gasteiger partial charge in [0.2, 0.25) is 0 Å². The zero-order valence-corrected chi connectivity index (χ0v) is 10.9. The summed E-state index contributed by atoms with van der Waals surface area (Å²) in [6.07, 6.45) is 4.16. The van der Waals surface area contributed by atoms with Gasteiger partial charge in [-0.3, -0.25) is 4.90 Å². The zero-order valence-electron chi connectivity index (χ0n) is 10.9. The van der Waals surface area contributed by atoms with E-state index in [1.807, 2.05) is 0 Å². The molecule has 3 nitrogen and oxygen atoms in total. The summed E-state index contributed by atoms with van der Waals surface area (Å²) >= 11 is 0. The molecule has 2 rings (SSSR count). The van der Waals surface area contributed by atoms with Crippen molar-refractivity contribution in [2.45, 2.75) is 32.2 Å². The smallest absolute Gasteiger partial charge is 0.0235 e. The lowest BCUT2D eigenvalue weighted by Gasteiger charge is -2.33. The molecule has 2 heterocycles. The van der Waals surface area contributed by atoms with Crippen LogP contribution in [0.3, 0.4) is 0 Å². The zero-order chi connectivity index (χ0) is 11.4. The molecule has 0 saturated carbocycles. The number of hydrogen-bond donors (Lipinski definition) is 1. The number of nitrogens with zero attached hydrogens (tertiary/aromatic N) is 2. The molecule has 0 radical (unpaired) electrons. The third-order valence-electron chi connectivity index (χ3n) is 4.18. The van der Waals surface area contributed by atoms with Gasteiger partial charge in [0.15, 0.2) is 0 Å². The van der Waals surface area contributed by atoms with E-state index < -0.39 is 0 Å². The van der Waals surface area contributed by atoms with E-state index in [9.17, 15) is 0 Å². The molecule has 1 N–H and O–H groups in total. The standard InChI is InChI=1S/C13H27N3/c1-3-16(13-6-8-15(2)11-13)10-12-5-4-7-14-9-12/h12-14H,3-11H2,1-2H3. The molecule has 2 aliphatic heterocycles. The lowest BCUT2D eigenvalue weighted by Crippen LogP contribution is -2.43. The lowest BCUT2D eigenvalue weighted by molar-refractivity contribution is 0.163. The minimum atomic E-state index is 0.817. The van der Waals surface area contributed by atoms with Gasteiger partial charge in [-0.2, -0.15) is 0 Å². The number of hydrogen-bond acceptors (Lipinski definition) is 3. The maximum atomic E-state index is 3.53. The number of likely N-dealkylation sites (N-methyl/N-ethyl adjacent to an activating group) is 2. The first-order chi connectivity index (χ1) is 7.79. The molecular weight excluding hydrogens is 198 g/mol. The summed E-state index contributed by atoms with van der Waals surface area (Å²) in [6.45, 7) is 9.86. The average molecular weight is 225 g/mol. The van der Waals surface area contributed by atoms with E-state index >= 15 is 0 Å². The fourth-order valence-electron chi connectivity index (χ4n) is 3.16. The summed E-state index contributed by atoms with van der Waals surface area (Å²) in [5.41, 5.74) is 0. The van der Waals surface area contributed by atoms with E-state index in [1.165, 1.54) is 58.5 Å². The highest BCUT2D eigenvalue weighted by atomic mass is 15.2. The first-order valence-electron chi connectivity index (χ1n) is 6.93. The van der Waals surface area contributed by atoms with Crippen molar-refractivity contribution in [1.82, 2.24) is 15.1 Å². The second-order valence-electron chi connectivity index (χ2n) is 5.50. The largest absolute Gasteiger partial charge is 0.316 e. The summed E-state index contributed by atoms with van der Waals surface area (Å²) < 4.78 is 0. The fraction of sp³-hybridized carbons (Fsp3) is 1.00. The van der Waals surface area contributed by atoms with Crippen LogP contribution in [0, 0.1) is 5.92 Å². The Labute approximate surface area is 100 Å². The molecule has 94 valence electrons. The van der Waals surface area contributed by atoms with Crippen LogP contribution in [-0.2, 0) is 0 Å². The summed E-state index contributed by atoms with van der Waals surface area (Å²) in [4.78, 5) is 5.17. The van der Waals surface area contributed by atoms with E-state index in [1.54, 1.807) is 0 Å². The van der Waals surface area contributed by atoms with E-state index in [4.69, 9.17) is 0 Å². The van der Waals surface area contributed by atoms with Gasteiger partial charge < -0.3 is 10.2 Å². The Hall–Kier alpha value is -0.120. The lowest BCUT2D eigenvalue weighted by atomic mass is 9.98. The minimum Gasteiger partial charge on any atom is -0.316 e. The van der Waals surface area contributed by atoms with Crippen LogP contribution in [0.1, 0.15) is 26.2 Å². The van der Waals surface area contributed by atoms with E-state index in [2.05, 4.69) is 29.1 Å². The number of rotatable bonds is 4. The molecular formula is C13H27N3. The number of piperidine rings is 1. The Kier molecular flexibility index (Phi) is 4.62. The summed E-state index contributed by atoms with van der Waals surface area (Å²) in [5.74, 6) is 0.889. The summed E-state index contributed by atoms with van der Waals surface area (Å²) in [5, 5.41) is 3.53. The van der Waals surface area contributed by atoms with Crippen LogP contribution >= 0.6 is 0 Å². The van der Waals surface area contributed by atoms with Gasteiger partial charge in [0, 0.05) is 19.1 Å². The van der Waals surface area contributed by atoms with Gasteiger partial charge >= 0.3 is 0 Å². The predicted octanol–water partition coefficient (Wildman–Crippen LogP) is 1.01. The van der Waals surface area contributed by atoms with Crippen molar-refractivity contribution in [2.24, 2.45) is 5.92 Å². The third-order valence-corrected chi connectivity index (χ3v) is 4.18. The normalized spacial score (nSPS) is 32.4. The first kappa shape index (κ1) is 12.3. The Morgan fingerprint density at radius 3 is 2.81 bits per heavy atom. The van der Waals surface area contributed by atoms with Crippen molar-refractivity contribution in [3.05, 3.63) is 0 Å². The maximum absolute atomic E-state index is 3.53. The molecule has 0 spiro atoms. The molecule has 0 aromatic rings. The van der Waals surface area contributed by atoms with Crippen LogP contribution in [0.2, 0.25) is 0 Å². The monoisotopic (exact) mass is 225 g/mol.